The summed E-state index contributed by atoms with van der Waals surface area (Å²) < 4.78 is 0. The Bertz CT molecular complexity index is 596. The number of nitro benzene ring substituents is 1. The molecule has 0 bridgehead atoms. The first kappa shape index (κ1) is 13.1. The largest absolute Gasteiger partial charge is 0.378 e. The number of benzene rings is 2. The normalized spacial score (nSPS) is 11.9. The summed E-state index contributed by atoms with van der Waals surface area (Å²) in [6.07, 6.45) is 0. The van der Waals surface area contributed by atoms with E-state index >= 15 is 0 Å². The van der Waals surface area contributed by atoms with Crippen LogP contribution in [0.4, 0.5) is 11.4 Å². The Balaban J connectivity index is 2.25. The lowest BCUT2D eigenvalue weighted by Gasteiger charge is -2.16. The summed E-state index contributed by atoms with van der Waals surface area (Å²) in [5, 5.41) is 14.3. The maximum atomic E-state index is 11.0. The first-order chi connectivity index (χ1) is 9.08. The summed E-state index contributed by atoms with van der Waals surface area (Å²) in [6.45, 7) is 3.94. The molecule has 0 fully saturated rings. The van der Waals surface area contributed by atoms with Gasteiger partial charge in [0.2, 0.25) is 0 Å². The number of aryl methyl sites for hydroxylation is 1. The number of hydrogen-bond donors (Lipinski definition) is 1. The van der Waals surface area contributed by atoms with E-state index in [1.165, 1.54) is 6.07 Å². The van der Waals surface area contributed by atoms with Gasteiger partial charge in [-0.3, -0.25) is 10.1 Å². The van der Waals surface area contributed by atoms with Crippen molar-refractivity contribution in [2.24, 2.45) is 0 Å². The number of para-hydroxylation sites is 1. The Kier molecular flexibility index (Phi) is 3.80. The molecule has 2 aromatic rings. The molecule has 0 spiro atoms. The summed E-state index contributed by atoms with van der Waals surface area (Å²) >= 11 is 0. The molecule has 98 valence electrons. The fourth-order valence-corrected chi connectivity index (χ4v) is 2.08. The van der Waals surface area contributed by atoms with Crippen molar-refractivity contribution in [2.45, 2.75) is 19.9 Å². The predicted molar refractivity (Wildman–Crippen MR) is 76.3 cm³/mol. The van der Waals surface area contributed by atoms with Crippen molar-refractivity contribution in [1.82, 2.24) is 0 Å². The highest BCUT2D eigenvalue weighted by molar-refractivity contribution is 5.50. The van der Waals surface area contributed by atoms with E-state index in [0.29, 0.717) is 5.56 Å². The van der Waals surface area contributed by atoms with Crippen LogP contribution < -0.4 is 5.32 Å². The van der Waals surface area contributed by atoms with Gasteiger partial charge in [-0.15, -0.1) is 0 Å². The van der Waals surface area contributed by atoms with Crippen LogP contribution >= 0.6 is 0 Å². The molecule has 4 nitrogen and oxygen atoms in total. The highest BCUT2D eigenvalue weighted by Gasteiger charge is 2.17. The van der Waals surface area contributed by atoms with Gasteiger partial charge in [-0.05, 0) is 31.5 Å². The van der Waals surface area contributed by atoms with E-state index in [2.05, 4.69) is 5.32 Å². The highest BCUT2D eigenvalue weighted by Crippen LogP contribution is 2.27. The van der Waals surface area contributed by atoms with Crippen LogP contribution in [0.2, 0.25) is 0 Å². The molecule has 0 saturated carbocycles. The Labute approximate surface area is 112 Å². The van der Waals surface area contributed by atoms with Crippen LogP contribution in [0.3, 0.4) is 0 Å². The van der Waals surface area contributed by atoms with Gasteiger partial charge in [-0.1, -0.05) is 30.3 Å². The second-order valence-corrected chi connectivity index (χ2v) is 4.55. The van der Waals surface area contributed by atoms with Gasteiger partial charge in [0.25, 0.3) is 5.69 Å². The number of rotatable bonds is 4. The van der Waals surface area contributed by atoms with Gasteiger partial charge in [0.1, 0.15) is 0 Å². The summed E-state index contributed by atoms with van der Waals surface area (Å²) in [4.78, 5) is 10.7. The molecule has 0 aliphatic rings. The second kappa shape index (κ2) is 5.52. The zero-order chi connectivity index (χ0) is 13.8. The first-order valence-electron chi connectivity index (χ1n) is 6.14. The number of anilines is 1. The maximum Gasteiger partial charge on any atom is 0.274 e. The zero-order valence-electron chi connectivity index (χ0n) is 11.0. The zero-order valence-corrected chi connectivity index (χ0v) is 11.0. The van der Waals surface area contributed by atoms with Gasteiger partial charge in [0, 0.05) is 11.8 Å². The second-order valence-electron chi connectivity index (χ2n) is 4.55. The van der Waals surface area contributed by atoms with E-state index in [1.807, 2.05) is 44.2 Å². The molecule has 0 aromatic heterocycles. The van der Waals surface area contributed by atoms with Crippen LogP contribution in [0.1, 0.15) is 24.1 Å². The fourth-order valence-electron chi connectivity index (χ4n) is 2.08. The van der Waals surface area contributed by atoms with E-state index in [1.54, 1.807) is 12.1 Å². The van der Waals surface area contributed by atoms with Crippen molar-refractivity contribution < 1.29 is 4.92 Å². The van der Waals surface area contributed by atoms with Gasteiger partial charge in [0.05, 0.1) is 16.5 Å². The van der Waals surface area contributed by atoms with E-state index in [-0.39, 0.29) is 16.7 Å². The molecule has 1 N–H and O–H groups in total. The monoisotopic (exact) mass is 256 g/mol. The van der Waals surface area contributed by atoms with Crippen LogP contribution in [0, 0.1) is 17.0 Å². The molecular weight excluding hydrogens is 240 g/mol. The number of nitrogens with zero attached hydrogens (tertiary/aromatic N) is 1. The van der Waals surface area contributed by atoms with Crippen molar-refractivity contribution in [2.75, 3.05) is 5.32 Å². The SMILES string of the molecule is Cc1cccc(NC(C)c2ccccc2[N+](=O)[O-])c1. The maximum absolute atomic E-state index is 11.0. The van der Waals surface area contributed by atoms with Crippen LogP contribution in [-0.4, -0.2) is 4.92 Å². The molecule has 19 heavy (non-hydrogen) atoms. The average Bonchev–Trinajstić information content (AvgIpc) is 2.38. The van der Waals surface area contributed by atoms with Crippen LogP contribution in [0.25, 0.3) is 0 Å². The molecule has 1 atom stereocenters. The van der Waals surface area contributed by atoms with Gasteiger partial charge in [-0.2, -0.15) is 0 Å². The lowest BCUT2D eigenvalue weighted by molar-refractivity contribution is -0.385. The molecule has 0 aliphatic heterocycles. The molecule has 2 rings (SSSR count). The van der Waals surface area contributed by atoms with Crippen LogP contribution in [0.15, 0.2) is 48.5 Å². The predicted octanol–water partition coefficient (Wildman–Crippen LogP) is 4.08. The third-order valence-electron chi connectivity index (χ3n) is 3.00. The molecule has 0 aliphatic carbocycles. The van der Waals surface area contributed by atoms with E-state index in [9.17, 15) is 10.1 Å². The van der Waals surface area contributed by atoms with Crippen LogP contribution in [-0.2, 0) is 0 Å². The molecule has 1 unspecified atom stereocenters. The van der Waals surface area contributed by atoms with Gasteiger partial charge < -0.3 is 5.32 Å². The fraction of sp³-hybridized carbons (Fsp3) is 0.200. The third kappa shape index (κ3) is 3.10. The number of nitro groups is 1. The summed E-state index contributed by atoms with van der Waals surface area (Å²) in [6, 6.07) is 14.6. The van der Waals surface area contributed by atoms with E-state index in [0.717, 1.165) is 11.3 Å². The summed E-state index contributed by atoms with van der Waals surface area (Å²) in [5.41, 5.74) is 2.95. The minimum absolute atomic E-state index is 0.122. The number of nitrogens with one attached hydrogen (secondary N) is 1. The Hall–Kier alpha value is -2.36. The Morgan fingerprint density at radius 2 is 1.89 bits per heavy atom. The molecule has 4 heteroatoms. The van der Waals surface area contributed by atoms with Gasteiger partial charge in [-0.25, -0.2) is 0 Å². The minimum atomic E-state index is -0.343. The van der Waals surface area contributed by atoms with Crippen molar-refractivity contribution in [1.29, 1.82) is 0 Å². The van der Waals surface area contributed by atoms with Crippen molar-refractivity contribution in [3.8, 4) is 0 Å². The molecule has 2 aromatic carbocycles. The lowest BCUT2D eigenvalue weighted by Crippen LogP contribution is -2.09. The molecule has 0 amide bonds. The minimum Gasteiger partial charge on any atom is -0.378 e. The van der Waals surface area contributed by atoms with E-state index in [4.69, 9.17) is 0 Å². The quantitative estimate of drug-likeness (QED) is 0.662. The molecular formula is C15H16N2O2. The lowest BCUT2D eigenvalue weighted by atomic mass is 10.1. The summed E-state index contributed by atoms with van der Waals surface area (Å²) in [7, 11) is 0. The van der Waals surface area contributed by atoms with Gasteiger partial charge in [0.15, 0.2) is 0 Å². The molecule has 0 heterocycles. The van der Waals surface area contributed by atoms with Crippen molar-refractivity contribution >= 4 is 11.4 Å². The molecule has 0 saturated heterocycles. The summed E-state index contributed by atoms with van der Waals surface area (Å²) in [5.74, 6) is 0. The van der Waals surface area contributed by atoms with E-state index < -0.39 is 0 Å². The van der Waals surface area contributed by atoms with Crippen molar-refractivity contribution in [3.63, 3.8) is 0 Å². The molecule has 0 radical (unpaired) electrons. The van der Waals surface area contributed by atoms with Crippen molar-refractivity contribution in [3.05, 3.63) is 69.8 Å². The standard InChI is InChI=1S/C15H16N2O2/c1-11-6-5-7-13(10-11)16-12(2)14-8-3-4-9-15(14)17(18)19/h3-10,12,16H,1-2H3. The topological polar surface area (TPSA) is 55.2 Å². The Morgan fingerprint density at radius 1 is 1.16 bits per heavy atom. The third-order valence-corrected chi connectivity index (χ3v) is 3.00. The first-order valence-corrected chi connectivity index (χ1v) is 6.14. The number of hydrogen-bond acceptors (Lipinski definition) is 3. The smallest absolute Gasteiger partial charge is 0.274 e. The average molecular weight is 256 g/mol. The highest BCUT2D eigenvalue weighted by atomic mass is 16.6. The van der Waals surface area contributed by atoms with Crippen LogP contribution in [0.5, 0.6) is 0 Å². The Morgan fingerprint density at radius 3 is 2.58 bits per heavy atom. The van der Waals surface area contributed by atoms with Gasteiger partial charge >= 0.3 is 0 Å².